The van der Waals surface area contributed by atoms with Crippen LogP contribution in [0.1, 0.15) is 46.0 Å². The molecule has 0 heterocycles. The normalized spacial score (nSPS) is 16.2. The summed E-state index contributed by atoms with van der Waals surface area (Å²) in [6.07, 6.45) is 4.33. The lowest BCUT2D eigenvalue weighted by atomic mass is 9.92. The van der Waals surface area contributed by atoms with E-state index in [-0.39, 0.29) is 0 Å². The van der Waals surface area contributed by atoms with Crippen molar-refractivity contribution in [2.45, 2.75) is 46.0 Å². The molecule has 0 rings (SSSR count). The van der Waals surface area contributed by atoms with E-state index in [4.69, 9.17) is 9.11 Å². The van der Waals surface area contributed by atoms with E-state index in [1.807, 2.05) is 0 Å². The molecule has 0 aliphatic rings. The first-order valence-electron chi connectivity index (χ1n) is 6.45. The van der Waals surface area contributed by atoms with Crippen LogP contribution in [0.25, 0.3) is 0 Å². The topological polar surface area (TPSA) is 109 Å². The van der Waals surface area contributed by atoms with Crippen LogP contribution in [0.3, 0.4) is 0 Å². The van der Waals surface area contributed by atoms with Crippen LogP contribution in [0.15, 0.2) is 0 Å². The van der Waals surface area contributed by atoms with Crippen molar-refractivity contribution in [1.82, 2.24) is 0 Å². The van der Waals surface area contributed by atoms with Gasteiger partial charge in [-0.05, 0) is 18.3 Å². The van der Waals surface area contributed by atoms with Crippen LogP contribution < -0.4 is 0 Å². The Balaban J connectivity index is 4.57. The fourth-order valence-electron chi connectivity index (χ4n) is 2.10. The second kappa shape index (κ2) is 8.18. The molecule has 2 atom stereocenters. The minimum Gasteiger partial charge on any atom is -0.286 e. The first-order valence-corrected chi connectivity index (χ1v) is 9.67. The molecular weight excluding hydrogens is 292 g/mol. The molecule has 0 aromatic heterocycles. The van der Waals surface area contributed by atoms with Gasteiger partial charge in [0.2, 0.25) is 0 Å². The van der Waals surface area contributed by atoms with Crippen molar-refractivity contribution in [3.8, 4) is 0 Å². The monoisotopic (exact) mass is 316 g/mol. The summed E-state index contributed by atoms with van der Waals surface area (Å²) < 4.78 is 61.3. The van der Waals surface area contributed by atoms with Gasteiger partial charge in [-0.2, -0.15) is 16.8 Å². The van der Waals surface area contributed by atoms with E-state index in [2.05, 4.69) is 6.92 Å². The van der Waals surface area contributed by atoms with E-state index in [0.717, 1.165) is 25.7 Å². The molecule has 0 spiro atoms. The van der Waals surface area contributed by atoms with Crippen LogP contribution in [0.4, 0.5) is 0 Å². The summed E-state index contributed by atoms with van der Waals surface area (Å²) in [5.41, 5.74) is 0. The Labute approximate surface area is 116 Å². The van der Waals surface area contributed by atoms with Crippen LogP contribution in [0, 0.1) is 11.8 Å². The maximum absolute atomic E-state index is 10.9. The van der Waals surface area contributed by atoms with Gasteiger partial charge in [0.05, 0.1) is 11.5 Å². The highest BCUT2D eigenvalue weighted by molar-refractivity contribution is 7.86. The van der Waals surface area contributed by atoms with Crippen LogP contribution >= 0.6 is 0 Å². The Bertz CT molecular complexity index is 440. The van der Waals surface area contributed by atoms with Crippen molar-refractivity contribution in [1.29, 1.82) is 0 Å². The van der Waals surface area contributed by atoms with Gasteiger partial charge in [-0.25, -0.2) is 0 Å². The van der Waals surface area contributed by atoms with E-state index < -0.39 is 43.6 Å². The highest BCUT2D eigenvalue weighted by atomic mass is 32.2. The highest BCUT2D eigenvalue weighted by Crippen LogP contribution is 2.22. The molecule has 0 fully saturated rings. The molecule has 2 N–H and O–H groups in total. The van der Waals surface area contributed by atoms with E-state index in [1.165, 1.54) is 0 Å². The van der Waals surface area contributed by atoms with Crippen molar-refractivity contribution < 1.29 is 25.9 Å². The second-order valence-corrected chi connectivity index (χ2v) is 8.08. The lowest BCUT2D eigenvalue weighted by Crippen LogP contribution is -2.27. The number of unbranched alkanes of at least 4 members (excludes halogenated alkanes) is 3. The zero-order valence-corrected chi connectivity index (χ0v) is 13.1. The summed E-state index contributed by atoms with van der Waals surface area (Å²) in [6.45, 7) is 3.63. The van der Waals surface area contributed by atoms with Crippen LogP contribution in [-0.4, -0.2) is 37.4 Å². The molecule has 116 valence electrons. The fourth-order valence-corrected chi connectivity index (χ4v) is 4.08. The third-order valence-corrected chi connectivity index (χ3v) is 4.93. The molecule has 6 nitrogen and oxygen atoms in total. The van der Waals surface area contributed by atoms with Crippen molar-refractivity contribution in [3.05, 3.63) is 0 Å². The molecule has 0 amide bonds. The minimum absolute atomic E-state index is 0.462. The van der Waals surface area contributed by atoms with Gasteiger partial charge in [0.25, 0.3) is 20.2 Å². The van der Waals surface area contributed by atoms with E-state index >= 15 is 0 Å². The van der Waals surface area contributed by atoms with Crippen molar-refractivity contribution >= 4 is 20.2 Å². The minimum atomic E-state index is -4.14. The van der Waals surface area contributed by atoms with Gasteiger partial charge in [-0.15, -0.1) is 0 Å². The number of hydrogen-bond donors (Lipinski definition) is 2. The van der Waals surface area contributed by atoms with E-state index in [0.29, 0.717) is 6.42 Å². The molecule has 0 radical (unpaired) electrons. The molecule has 2 unspecified atom stereocenters. The predicted molar refractivity (Wildman–Crippen MR) is 74.2 cm³/mol. The Morgan fingerprint density at radius 1 is 0.895 bits per heavy atom. The van der Waals surface area contributed by atoms with Gasteiger partial charge in [0.15, 0.2) is 0 Å². The van der Waals surface area contributed by atoms with Crippen LogP contribution in [0.5, 0.6) is 0 Å². The first kappa shape index (κ1) is 18.8. The molecule has 0 aromatic carbocycles. The third kappa shape index (κ3) is 11.4. The van der Waals surface area contributed by atoms with Gasteiger partial charge in [-0.1, -0.05) is 39.5 Å². The summed E-state index contributed by atoms with van der Waals surface area (Å²) in [5.74, 6) is -1.93. The molecule has 8 heteroatoms. The molecule has 0 aliphatic heterocycles. The van der Waals surface area contributed by atoms with Gasteiger partial charge >= 0.3 is 0 Å². The molecule has 0 aromatic rings. The average molecular weight is 316 g/mol. The molecule has 0 saturated heterocycles. The quantitative estimate of drug-likeness (QED) is 0.471. The first-order chi connectivity index (χ1) is 8.55. The SMILES string of the molecule is CCCCCCC(CS(=O)(=O)O)C(C)CS(=O)(=O)O. The lowest BCUT2D eigenvalue weighted by molar-refractivity contribution is 0.356. The Hall–Kier alpha value is -0.180. The smallest absolute Gasteiger partial charge is 0.265 e. The van der Waals surface area contributed by atoms with Crippen LogP contribution in [0.2, 0.25) is 0 Å². The molecule has 0 bridgehead atoms. The molecule has 0 aliphatic carbocycles. The highest BCUT2D eigenvalue weighted by Gasteiger charge is 2.26. The molecular formula is C11H24O6S2. The number of rotatable bonds is 10. The summed E-state index contributed by atoms with van der Waals surface area (Å²) >= 11 is 0. The molecule has 0 saturated carbocycles. The Morgan fingerprint density at radius 3 is 1.84 bits per heavy atom. The Morgan fingerprint density at radius 2 is 1.42 bits per heavy atom. The van der Waals surface area contributed by atoms with Gasteiger partial charge < -0.3 is 0 Å². The third-order valence-electron chi connectivity index (χ3n) is 3.13. The summed E-state index contributed by atoms with van der Waals surface area (Å²) in [4.78, 5) is 0. The van der Waals surface area contributed by atoms with Gasteiger partial charge in [0, 0.05) is 0 Å². The summed E-state index contributed by atoms with van der Waals surface area (Å²) in [7, 11) is -8.28. The Kier molecular flexibility index (Phi) is 8.11. The molecule has 19 heavy (non-hydrogen) atoms. The average Bonchev–Trinajstić information content (AvgIpc) is 2.18. The van der Waals surface area contributed by atoms with Crippen molar-refractivity contribution in [3.63, 3.8) is 0 Å². The summed E-state index contributed by atoms with van der Waals surface area (Å²) in [6, 6.07) is 0. The zero-order valence-electron chi connectivity index (χ0n) is 11.4. The lowest BCUT2D eigenvalue weighted by Gasteiger charge is -2.21. The zero-order chi connectivity index (χ0) is 15.1. The van der Waals surface area contributed by atoms with E-state index in [9.17, 15) is 16.8 Å². The largest absolute Gasteiger partial charge is 0.286 e. The van der Waals surface area contributed by atoms with Crippen molar-refractivity contribution in [2.75, 3.05) is 11.5 Å². The maximum Gasteiger partial charge on any atom is 0.265 e. The number of hydrogen-bond acceptors (Lipinski definition) is 4. The van der Waals surface area contributed by atoms with Crippen molar-refractivity contribution in [2.24, 2.45) is 11.8 Å². The summed E-state index contributed by atoms with van der Waals surface area (Å²) in [5, 5.41) is 0. The van der Waals surface area contributed by atoms with Crippen LogP contribution in [-0.2, 0) is 20.2 Å². The predicted octanol–water partition coefficient (Wildman–Crippen LogP) is 1.98. The van der Waals surface area contributed by atoms with E-state index in [1.54, 1.807) is 6.92 Å². The standard InChI is InChI=1S/C11H24O6S2/c1-3-4-5-6-7-11(9-19(15,16)17)10(2)8-18(12,13)14/h10-11H,3-9H2,1-2H3,(H,12,13,14)(H,15,16,17). The fraction of sp³-hybridized carbons (Fsp3) is 1.00. The second-order valence-electron chi connectivity index (χ2n) is 5.08. The van der Waals surface area contributed by atoms with Gasteiger partial charge in [0.1, 0.15) is 0 Å². The van der Waals surface area contributed by atoms with Gasteiger partial charge in [-0.3, -0.25) is 9.11 Å². The maximum atomic E-state index is 10.9.